The van der Waals surface area contributed by atoms with Crippen LogP contribution in [0.15, 0.2) is 54.6 Å². The van der Waals surface area contributed by atoms with E-state index in [2.05, 4.69) is 39.5 Å². The van der Waals surface area contributed by atoms with Crippen molar-refractivity contribution in [2.24, 2.45) is 5.92 Å². The molecule has 0 spiro atoms. The number of nitrogens with one attached hydrogen (secondary N) is 1. The quantitative estimate of drug-likeness (QED) is 0.426. The Bertz CT molecular complexity index is 1380. The molecule has 3 heterocycles. The number of benzene rings is 2. The monoisotopic (exact) mass is 486 g/mol. The van der Waals surface area contributed by atoms with Crippen LogP contribution < -0.4 is 19.7 Å². The summed E-state index contributed by atoms with van der Waals surface area (Å²) in [4.78, 5) is 15.1. The first-order valence-corrected chi connectivity index (χ1v) is 12.1. The lowest BCUT2D eigenvalue weighted by molar-refractivity contribution is -0.125. The number of piperidine rings is 1. The van der Waals surface area contributed by atoms with Gasteiger partial charge in [-0.2, -0.15) is 4.52 Å². The summed E-state index contributed by atoms with van der Waals surface area (Å²) in [6.07, 6.45) is 1.52. The largest absolute Gasteiger partial charge is 0.497 e. The van der Waals surface area contributed by atoms with Gasteiger partial charge in [0.25, 0.3) is 0 Å². The smallest absolute Gasteiger partial charge is 0.223 e. The molecule has 186 valence electrons. The van der Waals surface area contributed by atoms with E-state index in [1.165, 1.54) is 0 Å². The van der Waals surface area contributed by atoms with Crippen molar-refractivity contribution in [3.8, 4) is 22.9 Å². The molecule has 0 radical (unpaired) electrons. The number of anilines is 1. The van der Waals surface area contributed by atoms with Crippen LogP contribution in [0.4, 0.5) is 5.82 Å². The van der Waals surface area contributed by atoms with Gasteiger partial charge in [0.05, 0.1) is 14.2 Å². The third-order valence-electron chi connectivity index (χ3n) is 6.66. The van der Waals surface area contributed by atoms with Gasteiger partial charge in [-0.3, -0.25) is 4.79 Å². The summed E-state index contributed by atoms with van der Waals surface area (Å²) in [7, 11) is 3.25. The van der Waals surface area contributed by atoms with E-state index in [9.17, 15) is 4.79 Å². The van der Waals surface area contributed by atoms with Crippen molar-refractivity contribution in [2.45, 2.75) is 26.3 Å². The third-order valence-corrected chi connectivity index (χ3v) is 6.66. The molecule has 1 saturated heterocycles. The van der Waals surface area contributed by atoms with Crippen LogP contribution in [-0.4, -0.2) is 53.0 Å². The van der Waals surface area contributed by atoms with Crippen molar-refractivity contribution in [3.63, 3.8) is 0 Å². The zero-order valence-corrected chi connectivity index (χ0v) is 20.8. The van der Waals surface area contributed by atoms with Gasteiger partial charge < -0.3 is 19.7 Å². The number of fused-ring (bicyclic) bond motifs is 1. The molecule has 1 amide bonds. The van der Waals surface area contributed by atoms with Crippen LogP contribution in [0.1, 0.15) is 24.0 Å². The molecule has 2 aromatic carbocycles. The fraction of sp³-hybridized carbons (Fsp3) is 0.333. The fourth-order valence-electron chi connectivity index (χ4n) is 4.63. The second-order valence-electron chi connectivity index (χ2n) is 9.01. The SMILES string of the molecule is COc1ccc(OC)c(CNC(=O)C2CCN(c3ccc4nnc(-c5cccc(C)c5)n4n3)CC2)c1. The van der Waals surface area contributed by atoms with E-state index >= 15 is 0 Å². The van der Waals surface area contributed by atoms with Gasteiger partial charge >= 0.3 is 0 Å². The maximum atomic E-state index is 12.9. The van der Waals surface area contributed by atoms with Crippen molar-refractivity contribution in [3.05, 3.63) is 65.7 Å². The van der Waals surface area contributed by atoms with Crippen LogP contribution in [0.3, 0.4) is 0 Å². The second kappa shape index (κ2) is 10.2. The van der Waals surface area contributed by atoms with Gasteiger partial charge in [0, 0.05) is 36.7 Å². The second-order valence-corrected chi connectivity index (χ2v) is 9.01. The van der Waals surface area contributed by atoms with Crippen LogP contribution in [-0.2, 0) is 11.3 Å². The highest BCUT2D eigenvalue weighted by atomic mass is 16.5. The lowest BCUT2D eigenvalue weighted by Gasteiger charge is -2.32. The Labute approximate surface area is 210 Å². The predicted octanol–water partition coefficient (Wildman–Crippen LogP) is 3.65. The Morgan fingerprint density at radius 3 is 2.61 bits per heavy atom. The van der Waals surface area contributed by atoms with Crippen LogP contribution in [0.25, 0.3) is 17.0 Å². The summed E-state index contributed by atoms with van der Waals surface area (Å²) in [5, 5.41) is 16.5. The maximum absolute atomic E-state index is 12.9. The van der Waals surface area contributed by atoms with Crippen molar-refractivity contribution < 1.29 is 14.3 Å². The molecule has 4 aromatic rings. The van der Waals surface area contributed by atoms with Crippen molar-refractivity contribution >= 4 is 17.4 Å². The minimum atomic E-state index is -0.0423. The standard InChI is InChI=1S/C27H30N6O3/c1-18-5-4-6-20(15-18)26-30-29-24-9-10-25(31-33(24)26)32-13-11-19(12-14-32)27(34)28-17-21-16-22(35-2)7-8-23(21)36-3/h4-10,15-16,19H,11-14,17H2,1-3H3,(H,28,34). The van der Waals surface area contributed by atoms with E-state index < -0.39 is 0 Å². The highest BCUT2D eigenvalue weighted by Crippen LogP contribution is 2.26. The Hall–Kier alpha value is -4.14. The van der Waals surface area contributed by atoms with Gasteiger partial charge in [-0.15, -0.1) is 15.3 Å². The summed E-state index contributed by atoms with van der Waals surface area (Å²) in [5.74, 6) is 3.06. The molecule has 1 fully saturated rings. The number of methoxy groups -OCH3 is 2. The molecule has 9 nitrogen and oxygen atoms in total. The predicted molar refractivity (Wildman–Crippen MR) is 137 cm³/mol. The summed E-state index contributed by atoms with van der Waals surface area (Å²) < 4.78 is 12.5. The van der Waals surface area contributed by atoms with Gasteiger partial charge in [-0.25, -0.2) is 0 Å². The van der Waals surface area contributed by atoms with E-state index in [1.807, 2.05) is 42.5 Å². The van der Waals surface area contributed by atoms with Crippen LogP contribution in [0, 0.1) is 12.8 Å². The highest BCUT2D eigenvalue weighted by Gasteiger charge is 2.26. The van der Waals surface area contributed by atoms with Gasteiger partial charge in [-0.1, -0.05) is 23.8 Å². The molecule has 0 aliphatic carbocycles. The molecule has 5 rings (SSSR count). The molecule has 0 saturated carbocycles. The number of amides is 1. The summed E-state index contributed by atoms with van der Waals surface area (Å²) in [5.41, 5.74) is 3.73. The van der Waals surface area contributed by atoms with Crippen molar-refractivity contribution in [2.75, 3.05) is 32.2 Å². The number of nitrogens with zero attached hydrogens (tertiary/aromatic N) is 5. The Morgan fingerprint density at radius 2 is 1.86 bits per heavy atom. The molecule has 9 heteroatoms. The molecule has 0 bridgehead atoms. The molecule has 36 heavy (non-hydrogen) atoms. The van der Waals surface area contributed by atoms with Crippen molar-refractivity contribution in [1.82, 2.24) is 25.1 Å². The first kappa shape index (κ1) is 23.6. The minimum Gasteiger partial charge on any atom is -0.497 e. The van der Waals surface area contributed by atoms with E-state index in [1.54, 1.807) is 18.7 Å². The summed E-state index contributed by atoms with van der Waals surface area (Å²) >= 11 is 0. The molecule has 1 aliphatic rings. The average molecular weight is 487 g/mol. The number of hydrogen-bond donors (Lipinski definition) is 1. The number of rotatable bonds is 7. The lowest BCUT2D eigenvalue weighted by Crippen LogP contribution is -2.40. The topological polar surface area (TPSA) is 93.9 Å². The number of aryl methyl sites for hydroxylation is 1. The Balaban J connectivity index is 1.23. The minimum absolute atomic E-state index is 0.0423. The Morgan fingerprint density at radius 1 is 1.03 bits per heavy atom. The van der Waals surface area contributed by atoms with E-state index in [-0.39, 0.29) is 11.8 Å². The number of carbonyl (C=O) groups is 1. The third kappa shape index (κ3) is 4.82. The number of hydrogen-bond acceptors (Lipinski definition) is 7. The van der Waals surface area contributed by atoms with Gasteiger partial charge in [0.1, 0.15) is 17.3 Å². The van der Waals surface area contributed by atoms with Crippen LogP contribution >= 0.6 is 0 Å². The zero-order valence-electron chi connectivity index (χ0n) is 20.8. The van der Waals surface area contributed by atoms with Crippen molar-refractivity contribution in [1.29, 1.82) is 0 Å². The summed E-state index contributed by atoms with van der Waals surface area (Å²) in [6.45, 7) is 3.95. The first-order chi connectivity index (χ1) is 17.6. The van der Waals surface area contributed by atoms with E-state index in [0.717, 1.165) is 65.8 Å². The molecule has 2 aromatic heterocycles. The van der Waals surface area contributed by atoms with Gasteiger partial charge in [0.15, 0.2) is 11.5 Å². The Kier molecular flexibility index (Phi) is 6.71. The average Bonchev–Trinajstić information content (AvgIpc) is 3.35. The first-order valence-electron chi connectivity index (χ1n) is 12.1. The summed E-state index contributed by atoms with van der Waals surface area (Å²) in [6, 6.07) is 17.7. The normalized spacial score (nSPS) is 14.1. The van der Waals surface area contributed by atoms with E-state index in [0.29, 0.717) is 12.2 Å². The molecule has 1 aliphatic heterocycles. The highest BCUT2D eigenvalue weighted by molar-refractivity contribution is 5.79. The molecular weight excluding hydrogens is 456 g/mol. The van der Waals surface area contributed by atoms with Gasteiger partial charge in [-0.05, 0) is 56.2 Å². The fourth-order valence-corrected chi connectivity index (χ4v) is 4.63. The maximum Gasteiger partial charge on any atom is 0.223 e. The zero-order chi connectivity index (χ0) is 25.1. The molecular formula is C27H30N6O3. The van der Waals surface area contributed by atoms with Crippen LogP contribution in [0.5, 0.6) is 11.5 Å². The van der Waals surface area contributed by atoms with Gasteiger partial charge in [0.2, 0.25) is 5.91 Å². The number of carbonyl (C=O) groups excluding carboxylic acids is 1. The van der Waals surface area contributed by atoms with Crippen LogP contribution in [0.2, 0.25) is 0 Å². The molecule has 0 unspecified atom stereocenters. The molecule has 1 N–H and O–H groups in total. The lowest BCUT2D eigenvalue weighted by atomic mass is 9.96. The van der Waals surface area contributed by atoms with E-state index in [4.69, 9.17) is 14.6 Å². The number of ether oxygens (including phenoxy) is 2. The number of aromatic nitrogens is 4. The molecule has 0 atom stereocenters.